The van der Waals surface area contributed by atoms with Crippen molar-refractivity contribution in [1.82, 2.24) is 0 Å². The Labute approximate surface area is 155 Å². The van der Waals surface area contributed by atoms with Gasteiger partial charge in [-0.05, 0) is 54.3 Å². The molecule has 0 unspecified atom stereocenters. The molecule has 0 spiro atoms. The van der Waals surface area contributed by atoms with Gasteiger partial charge in [0.15, 0.2) is 0 Å². The Morgan fingerprint density at radius 1 is 1.04 bits per heavy atom. The van der Waals surface area contributed by atoms with Crippen molar-refractivity contribution in [3.8, 4) is 5.75 Å². The Morgan fingerprint density at radius 2 is 1.83 bits per heavy atom. The van der Waals surface area contributed by atoms with E-state index in [0.717, 1.165) is 42.0 Å². The molecule has 130 valence electrons. The zero-order valence-corrected chi connectivity index (χ0v) is 16.6. The smallest absolute Gasteiger partial charge is 0.122 e. The van der Waals surface area contributed by atoms with Crippen LogP contribution < -0.4 is 4.74 Å². The van der Waals surface area contributed by atoms with E-state index >= 15 is 0 Å². The number of benzene rings is 2. The maximum atomic E-state index is 5.95. The zero-order valence-electron chi connectivity index (χ0n) is 15.0. The van der Waals surface area contributed by atoms with Gasteiger partial charge in [-0.1, -0.05) is 44.2 Å². The van der Waals surface area contributed by atoms with Gasteiger partial charge in [0.05, 0.1) is 6.61 Å². The van der Waals surface area contributed by atoms with E-state index < -0.39 is 0 Å². The predicted octanol–water partition coefficient (Wildman–Crippen LogP) is 6.45. The first-order valence-corrected chi connectivity index (χ1v) is 10.8. The molecule has 0 N–H and O–H groups in total. The van der Waals surface area contributed by atoms with Crippen molar-refractivity contribution in [2.75, 3.05) is 18.1 Å². The van der Waals surface area contributed by atoms with E-state index in [4.69, 9.17) is 4.74 Å². The highest BCUT2D eigenvalue weighted by Gasteiger charge is 2.03. The summed E-state index contributed by atoms with van der Waals surface area (Å²) < 4.78 is 5.95. The summed E-state index contributed by atoms with van der Waals surface area (Å²) in [5.74, 6) is 5.13. The molecule has 0 aliphatic carbocycles. The van der Waals surface area contributed by atoms with Gasteiger partial charge in [-0.25, -0.2) is 0 Å². The molecule has 0 amide bonds. The van der Waals surface area contributed by atoms with Crippen LogP contribution in [0.25, 0.3) is 0 Å². The molecule has 0 heterocycles. The molecule has 1 nitrogen and oxygen atoms in total. The standard InChI is InChI=1S/C21H28OS2/c1-17(2)15-24-20-10-11-21(18(3)14-20)22-12-7-13-23-16-19-8-5-4-6-9-19/h4-6,8-11,14,17H,7,12-13,15-16H2,1-3H3. The Morgan fingerprint density at radius 3 is 2.54 bits per heavy atom. The molecule has 2 aromatic rings. The van der Waals surface area contributed by atoms with Crippen LogP contribution in [0.15, 0.2) is 53.4 Å². The number of hydrogen-bond acceptors (Lipinski definition) is 3. The lowest BCUT2D eigenvalue weighted by atomic mass is 10.2. The quantitative estimate of drug-likeness (QED) is 0.356. The van der Waals surface area contributed by atoms with Crippen LogP contribution >= 0.6 is 23.5 Å². The van der Waals surface area contributed by atoms with Crippen molar-refractivity contribution in [3.05, 3.63) is 59.7 Å². The number of aryl methyl sites for hydroxylation is 1. The van der Waals surface area contributed by atoms with Gasteiger partial charge in [0.2, 0.25) is 0 Å². The fourth-order valence-electron chi connectivity index (χ4n) is 2.24. The molecular formula is C21H28OS2. The molecule has 0 atom stereocenters. The molecular weight excluding hydrogens is 332 g/mol. The lowest BCUT2D eigenvalue weighted by Crippen LogP contribution is -2.00. The van der Waals surface area contributed by atoms with E-state index in [1.165, 1.54) is 16.0 Å². The molecule has 24 heavy (non-hydrogen) atoms. The van der Waals surface area contributed by atoms with Gasteiger partial charge in [0, 0.05) is 16.4 Å². The van der Waals surface area contributed by atoms with Crippen LogP contribution in [0.3, 0.4) is 0 Å². The second-order valence-electron chi connectivity index (χ2n) is 6.37. The molecule has 3 heteroatoms. The molecule has 0 aliphatic rings. The second kappa shape index (κ2) is 10.7. The minimum absolute atomic E-state index is 0.722. The summed E-state index contributed by atoms with van der Waals surface area (Å²) in [6.07, 6.45) is 1.08. The Hall–Kier alpha value is -1.06. The summed E-state index contributed by atoms with van der Waals surface area (Å²) >= 11 is 3.90. The molecule has 0 aromatic heterocycles. The molecule has 0 bridgehead atoms. The highest BCUT2D eigenvalue weighted by atomic mass is 32.2. The molecule has 2 aromatic carbocycles. The van der Waals surface area contributed by atoms with Crippen LogP contribution in [0, 0.1) is 12.8 Å². The van der Waals surface area contributed by atoms with Gasteiger partial charge >= 0.3 is 0 Å². The zero-order chi connectivity index (χ0) is 17.2. The average Bonchev–Trinajstić information content (AvgIpc) is 2.58. The van der Waals surface area contributed by atoms with Crippen molar-refractivity contribution < 1.29 is 4.74 Å². The van der Waals surface area contributed by atoms with E-state index in [1.54, 1.807) is 0 Å². The van der Waals surface area contributed by atoms with Gasteiger partial charge in [0.1, 0.15) is 5.75 Å². The normalized spacial score (nSPS) is 11.0. The number of ether oxygens (including phenoxy) is 1. The number of hydrogen-bond donors (Lipinski definition) is 0. The first-order valence-electron chi connectivity index (χ1n) is 8.63. The van der Waals surface area contributed by atoms with Crippen molar-refractivity contribution >= 4 is 23.5 Å². The second-order valence-corrected chi connectivity index (χ2v) is 8.57. The average molecular weight is 361 g/mol. The van der Waals surface area contributed by atoms with Gasteiger partial charge in [0.25, 0.3) is 0 Å². The first kappa shape index (κ1) is 19.3. The summed E-state index contributed by atoms with van der Waals surface area (Å²) in [7, 11) is 0. The van der Waals surface area contributed by atoms with Crippen molar-refractivity contribution in [2.24, 2.45) is 5.92 Å². The van der Waals surface area contributed by atoms with E-state index in [2.05, 4.69) is 69.3 Å². The third-order valence-electron chi connectivity index (χ3n) is 3.53. The predicted molar refractivity (Wildman–Crippen MR) is 109 cm³/mol. The van der Waals surface area contributed by atoms with Crippen LogP contribution in [0.1, 0.15) is 31.4 Å². The molecule has 0 radical (unpaired) electrons. The summed E-state index contributed by atoms with van der Waals surface area (Å²) in [6.45, 7) is 7.44. The fourth-order valence-corrected chi connectivity index (χ4v) is 4.09. The van der Waals surface area contributed by atoms with Crippen LogP contribution in [0.2, 0.25) is 0 Å². The lowest BCUT2D eigenvalue weighted by molar-refractivity contribution is 0.316. The van der Waals surface area contributed by atoms with Crippen molar-refractivity contribution in [2.45, 2.75) is 37.8 Å². The molecule has 2 rings (SSSR count). The Balaban J connectivity index is 1.65. The number of thioether (sulfide) groups is 2. The van der Waals surface area contributed by atoms with Crippen molar-refractivity contribution in [1.29, 1.82) is 0 Å². The Kier molecular flexibility index (Phi) is 8.62. The Bertz CT molecular complexity index is 596. The van der Waals surface area contributed by atoms with Crippen LogP contribution in [-0.2, 0) is 5.75 Å². The van der Waals surface area contributed by atoms with Gasteiger partial charge in [-0.3, -0.25) is 0 Å². The van der Waals surface area contributed by atoms with Gasteiger partial charge < -0.3 is 4.74 Å². The van der Waals surface area contributed by atoms with E-state index in [-0.39, 0.29) is 0 Å². The summed E-state index contributed by atoms with van der Waals surface area (Å²) in [4.78, 5) is 1.34. The third-order valence-corrected chi connectivity index (χ3v) is 6.07. The third kappa shape index (κ3) is 7.23. The van der Waals surface area contributed by atoms with E-state index in [9.17, 15) is 0 Å². The van der Waals surface area contributed by atoms with E-state index in [0.29, 0.717) is 0 Å². The SMILES string of the molecule is Cc1cc(SCC(C)C)ccc1OCCCSCc1ccccc1. The topological polar surface area (TPSA) is 9.23 Å². The summed E-state index contributed by atoms with van der Waals surface area (Å²) in [5, 5.41) is 0. The largest absolute Gasteiger partial charge is 0.493 e. The monoisotopic (exact) mass is 360 g/mol. The maximum absolute atomic E-state index is 5.95. The van der Waals surface area contributed by atoms with Crippen LogP contribution in [0.4, 0.5) is 0 Å². The van der Waals surface area contributed by atoms with Gasteiger partial charge in [-0.2, -0.15) is 11.8 Å². The minimum atomic E-state index is 0.722. The molecule has 0 saturated carbocycles. The maximum Gasteiger partial charge on any atom is 0.122 e. The molecule has 0 aliphatic heterocycles. The number of rotatable bonds is 10. The highest BCUT2D eigenvalue weighted by Crippen LogP contribution is 2.27. The molecule has 0 fully saturated rings. The van der Waals surface area contributed by atoms with Crippen molar-refractivity contribution in [3.63, 3.8) is 0 Å². The van der Waals surface area contributed by atoms with E-state index in [1.807, 2.05) is 23.5 Å². The lowest BCUT2D eigenvalue weighted by Gasteiger charge is -2.11. The fraction of sp³-hybridized carbons (Fsp3) is 0.429. The molecule has 0 saturated heterocycles. The minimum Gasteiger partial charge on any atom is -0.493 e. The summed E-state index contributed by atoms with van der Waals surface area (Å²) in [6, 6.07) is 17.2. The highest BCUT2D eigenvalue weighted by molar-refractivity contribution is 7.99. The summed E-state index contributed by atoms with van der Waals surface area (Å²) in [5.41, 5.74) is 2.63. The first-order chi connectivity index (χ1) is 11.6. The van der Waals surface area contributed by atoms with Crippen LogP contribution in [0.5, 0.6) is 5.75 Å². The van der Waals surface area contributed by atoms with Crippen LogP contribution in [-0.4, -0.2) is 18.1 Å². The van der Waals surface area contributed by atoms with Gasteiger partial charge in [-0.15, -0.1) is 11.8 Å².